The minimum Gasteiger partial charge on any atom is -0.492 e. The number of thiophene rings is 1. The molecule has 14 heavy (non-hydrogen) atoms. The van der Waals surface area contributed by atoms with Crippen molar-refractivity contribution in [2.45, 2.75) is 13.8 Å². The van der Waals surface area contributed by atoms with Crippen LogP contribution in [-0.2, 0) is 0 Å². The molecule has 0 unspecified atom stereocenters. The maximum Gasteiger partial charge on any atom is 0.261 e. The highest BCUT2D eigenvalue weighted by Gasteiger charge is 2.13. The first-order valence-corrected chi connectivity index (χ1v) is 5.20. The predicted molar refractivity (Wildman–Crippen MR) is 53.5 cm³/mol. The molecule has 0 fully saturated rings. The fourth-order valence-corrected chi connectivity index (χ4v) is 1.87. The van der Waals surface area contributed by atoms with Crippen LogP contribution < -0.4 is 4.74 Å². The van der Waals surface area contributed by atoms with Crippen molar-refractivity contribution in [1.82, 2.24) is 10.2 Å². The van der Waals surface area contributed by atoms with Gasteiger partial charge in [0.05, 0.1) is 6.61 Å². The molecule has 0 saturated heterocycles. The van der Waals surface area contributed by atoms with Crippen molar-refractivity contribution in [2.24, 2.45) is 0 Å². The second-order valence-corrected chi connectivity index (χ2v) is 3.59. The monoisotopic (exact) mass is 210 g/mol. The zero-order chi connectivity index (χ0) is 9.97. The molecule has 0 aromatic carbocycles. The molecule has 0 atom stereocenters. The Balaban J connectivity index is 2.36. The van der Waals surface area contributed by atoms with Crippen LogP contribution in [-0.4, -0.2) is 16.8 Å². The van der Waals surface area contributed by atoms with Gasteiger partial charge in [-0.2, -0.15) is 0 Å². The lowest BCUT2D eigenvalue weighted by atomic mass is 10.4. The van der Waals surface area contributed by atoms with Gasteiger partial charge in [-0.25, -0.2) is 0 Å². The Morgan fingerprint density at radius 1 is 1.50 bits per heavy atom. The topological polar surface area (TPSA) is 48.2 Å². The molecular formula is C9H10N2O2S. The average molecular weight is 210 g/mol. The molecule has 2 aromatic heterocycles. The van der Waals surface area contributed by atoms with Crippen LogP contribution in [0.3, 0.4) is 0 Å². The lowest BCUT2D eigenvalue weighted by Crippen LogP contribution is -1.90. The van der Waals surface area contributed by atoms with Crippen molar-refractivity contribution in [1.29, 1.82) is 0 Å². The number of hydrogen-bond acceptors (Lipinski definition) is 5. The number of ether oxygens (including phenoxy) is 1. The summed E-state index contributed by atoms with van der Waals surface area (Å²) >= 11 is 1.53. The van der Waals surface area contributed by atoms with Crippen LogP contribution in [0.25, 0.3) is 10.8 Å². The van der Waals surface area contributed by atoms with Crippen molar-refractivity contribution >= 4 is 11.3 Å². The molecule has 2 rings (SSSR count). The Morgan fingerprint density at radius 3 is 3.00 bits per heavy atom. The zero-order valence-corrected chi connectivity index (χ0v) is 8.80. The van der Waals surface area contributed by atoms with Crippen LogP contribution in [0, 0.1) is 6.92 Å². The lowest BCUT2D eigenvalue weighted by Gasteiger charge is -2.00. The minimum absolute atomic E-state index is 0.529. The molecule has 5 heteroatoms. The summed E-state index contributed by atoms with van der Waals surface area (Å²) in [5, 5.41) is 9.67. The molecule has 0 spiro atoms. The summed E-state index contributed by atoms with van der Waals surface area (Å²) in [5.41, 5.74) is 0. The zero-order valence-electron chi connectivity index (χ0n) is 7.98. The van der Waals surface area contributed by atoms with E-state index in [4.69, 9.17) is 9.15 Å². The number of hydrogen-bond donors (Lipinski definition) is 0. The van der Waals surface area contributed by atoms with E-state index in [1.165, 1.54) is 11.3 Å². The van der Waals surface area contributed by atoms with Crippen LogP contribution >= 0.6 is 11.3 Å². The number of aromatic nitrogens is 2. The molecule has 0 aliphatic heterocycles. The third kappa shape index (κ3) is 1.63. The summed E-state index contributed by atoms with van der Waals surface area (Å²) in [6.45, 7) is 4.35. The van der Waals surface area contributed by atoms with Crippen LogP contribution in [0.2, 0.25) is 0 Å². The lowest BCUT2D eigenvalue weighted by molar-refractivity contribution is 0.342. The van der Waals surface area contributed by atoms with E-state index in [0.717, 1.165) is 10.6 Å². The molecule has 0 radical (unpaired) electrons. The van der Waals surface area contributed by atoms with Gasteiger partial charge in [-0.3, -0.25) is 0 Å². The Labute approximate surface area is 85.5 Å². The van der Waals surface area contributed by atoms with Gasteiger partial charge in [0.15, 0.2) is 0 Å². The summed E-state index contributed by atoms with van der Waals surface area (Å²) in [5.74, 6) is 1.90. The quantitative estimate of drug-likeness (QED) is 0.781. The molecule has 0 aliphatic carbocycles. The van der Waals surface area contributed by atoms with Gasteiger partial charge < -0.3 is 9.15 Å². The highest BCUT2D eigenvalue weighted by atomic mass is 32.1. The molecule has 0 amide bonds. The van der Waals surface area contributed by atoms with E-state index in [2.05, 4.69) is 10.2 Å². The smallest absolute Gasteiger partial charge is 0.261 e. The molecule has 2 heterocycles. The molecular weight excluding hydrogens is 200 g/mol. The fraction of sp³-hybridized carbons (Fsp3) is 0.333. The van der Waals surface area contributed by atoms with Crippen molar-refractivity contribution in [2.75, 3.05) is 6.61 Å². The maximum absolute atomic E-state index is 5.42. The maximum atomic E-state index is 5.42. The second-order valence-electron chi connectivity index (χ2n) is 2.67. The minimum atomic E-state index is 0.529. The van der Waals surface area contributed by atoms with Gasteiger partial charge in [0.25, 0.3) is 5.89 Å². The Morgan fingerprint density at radius 2 is 2.36 bits per heavy atom. The van der Waals surface area contributed by atoms with Gasteiger partial charge >= 0.3 is 0 Å². The molecule has 4 nitrogen and oxygen atoms in total. The molecule has 0 aliphatic rings. The van der Waals surface area contributed by atoms with Crippen molar-refractivity contribution in [3.8, 4) is 16.5 Å². The Hall–Kier alpha value is -1.36. The van der Waals surface area contributed by atoms with Gasteiger partial charge in [0.1, 0.15) is 10.6 Å². The van der Waals surface area contributed by atoms with E-state index < -0.39 is 0 Å². The van der Waals surface area contributed by atoms with Gasteiger partial charge in [-0.1, -0.05) is 0 Å². The standard InChI is InChI=1S/C9H10N2O2S/c1-3-12-7-4-5-14-8(7)9-11-10-6(2)13-9/h4-5H,3H2,1-2H3. The second kappa shape index (κ2) is 3.79. The summed E-state index contributed by atoms with van der Waals surface area (Å²) in [6.07, 6.45) is 0. The van der Waals surface area contributed by atoms with Gasteiger partial charge in [0, 0.05) is 6.92 Å². The van der Waals surface area contributed by atoms with Gasteiger partial charge in [-0.05, 0) is 18.4 Å². The molecule has 74 valence electrons. The largest absolute Gasteiger partial charge is 0.492 e. The first-order valence-electron chi connectivity index (χ1n) is 4.32. The number of aryl methyl sites for hydroxylation is 1. The summed E-state index contributed by atoms with van der Waals surface area (Å²) in [4.78, 5) is 0.896. The van der Waals surface area contributed by atoms with Crippen LogP contribution in [0.15, 0.2) is 15.9 Å². The van der Waals surface area contributed by atoms with Gasteiger partial charge in [-0.15, -0.1) is 21.5 Å². The molecule has 2 aromatic rings. The van der Waals surface area contributed by atoms with E-state index >= 15 is 0 Å². The van der Waals surface area contributed by atoms with Crippen LogP contribution in [0.5, 0.6) is 5.75 Å². The fourth-order valence-electron chi connectivity index (χ4n) is 1.11. The van der Waals surface area contributed by atoms with E-state index in [1.54, 1.807) is 6.92 Å². The third-order valence-electron chi connectivity index (χ3n) is 1.65. The Kier molecular flexibility index (Phi) is 2.49. The Bertz CT molecular complexity index is 422. The van der Waals surface area contributed by atoms with Crippen LogP contribution in [0.1, 0.15) is 12.8 Å². The summed E-state index contributed by atoms with van der Waals surface area (Å²) in [7, 11) is 0. The summed E-state index contributed by atoms with van der Waals surface area (Å²) < 4.78 is 10.7. The number of nitrogens with zero attached hydrogens (tertiary/aromatic N) is 2. The highest BCUT2D eigenvalue weighted by Crippen LogP contribution is 2.34. The molecule has 0 N–H and O–H groups in total. The van der Waals surface area contributed by atoms with Crippen molar-refractivity contribution < 1.29 is 9.15 Å². The first-order chi connectivity index (χ1) is 6.81. The van der Waals surface area contributed by atoms with Crippen molar-refractivity contribution in [3.63, 3.8) is 0 Å². The van der Waals surface area contributed by atoms with E-state index in [9.17, 15) is 0 Å². The van der Waals surface area contributed by atoms with Gasteiger partial charge in [0.2, 0.25) is 5.89 Å². The normalized spacial score (nSPS) is 10.4. The van der Waals surface area contributed by atoms with Crippen molar-refractivity contribution in [3.05, 3.63) is 17.3 Å². The van der Waals surface area contributed by atoms with E-state index in [0.29, 0.717) is 18.4 Å². The summed E-state index contributed by atoms with van der Waals surface area (Å²) in [6, 6.07) is 1.91. The SMILES string of the molecule is CCOc1ccsc1-c1nnc(C)o1. The van der Waals surface area contributed by atoms with E-state index in [-0.39, 0.29) is 0 Å². The first kappa shape index (κ1) is 9.21. The third-order valence-corrected chi connectivity index (χ3v) is 2.53. The van der Waals surface area contributed by atoms with Crippen LogP contribution in [0.4, 0.5) is 0 Å². The van der Waals surface area contributed by atoms with E-state index in [1.807, 2.05) is 18.4 Å². The average Bonchev–Trinajstić information content (AvgIpc) is 2.74. The number of rotatable bonds is 3. The predicted octanol–water partition coefficient (Wildman–Crippen LogP) is 2.51. The molecule has 0 saturated carbocycles. The highest BCUT2D eigenvalue weighted by molar-refractivity contribution is 7.13. The molecule has 0 bridgehead atoms.